The van der Waals surface area contributed by atoms with E-state index in [0.29, 0.717) is 5.69 Å². The highest BCUT2D eigenvalue weighted by Crippen LogP contribution is 2.22. The number of rotatable bonds is 5. The molecule has 0 aromatic heterocycles. The van der Waals surface area contributed by atoms with Gasteiger partial charge in [-0.25, -0.2) is 0 Å². The van der Waals surface area contributed by atoms with Gasteiger partial charge in [0.1, 0.15) is 6.54 Å². The molecule has 0 saturated heterocycles. The molecule has 1 aliphatic heterocycles. The third-order valence-corrected chi connectivity index (χ3v) is 4.50. The lowest BCUT2D eigenvalue weighted by atomic mass is 10.1. The van der Waals surface area contributed by atoms with Gasteiger partial charge in [-0.2, -0.15) is 0 Å². The van der Waals surface area contributed by atoms with Crippen LogP contribution in [0.25, 0.3) is 0 Å². The maximum absolute atomic E-state index is 12.2. The summed E-state index contributed by atoms with van der Waals surface area (Å²) in [5, 5.41) is 5.17. The number of carbonyl (C=O) groups is 4. The third-order valence-electron chi connectivity index (χ3n) is 4.50. The van der Waals surface area contributed by atoms with E-state index in [9.17, 15) is 19.2 Å². The van der Waals surface area contributed by atoms with Crippen molar-refractivity contribution >= 4 is 29.3 Å². The SMILES string of the molecule is Cc1cccc(NC(=O)CNC(=O)CN2C(=O)c3ccccc3C2=O)c1C. The zero-order valence-corrected chi connectivity index (χ0v) is 15.0. The maximum Gasteiger partial charge on any atom is 0.262 e. The molecule has 2 aromatic carbocycles. The first-order chi connectivity index (χ1) is 12.9. The van der Waals surface area contributed by atoms with Gasteiger partial charge in [0.15, 0.2) is 0 Å². The average Bonchev–Trinajstić information content (AvgIpc) is 2.89. The first-order valence-electron chi connectivity index (χ1n) is 8.46. The van der Waals surface area contributed by atoms with Crippen LogP contribution >= 0.6 is 0 Å². The second-order valence-corrected chi connectivity index (χ2v) is 6.31. The summed E-state index contributed by atoms with van der Waals surface area (Å²) in [4.78, 5) is 49.5. The highest BCUT2D eigenvalue weighted by molar-refractivity contribution is 6.22. The molecule has 2 N–H and O–H groups in total. The predicted molar refractivity (Wildman–Crippen MR) is 99.4 cm³/mol. The topological polar surface area (TPSA) is 95.6 Å². The van der Waals surface area contributed by atoms with Crippen LogP contribution in [0.1, 0.15) is 31.8 Å². The van der Waals surface area contributed by atoms with Crippen LogP contribution < -0.4 is 10.6 Å². The van der Waals surface area contributed by atoms with Crippen LogP contribution in [0, 0.1) is 13.8 Å². The molecule has 1 heterocycles. The summed E-state index contributed by atoms with van der Waals surface area (Å²) < 4.78 is 0. The van der Waals surface area contributed by atoms with E-state index in [-0.39, 0.29) is 23.6 Å². The summed E-state index contributed by atoms with van der Waals surface area (Å²) in [7, 11) is 0. The van der Waals surface area contributed by atoms with Crippen LogP contribution in [-0.4, -0.2) is 41.6 Å². The number of aryl methyl sites for hydroxylation is 1. The largest absolute Gasteiger partial charge is 0.345 e. The van der Waals surface area contributed by atoms with Crippen molar-refractivity contribution < 1.29 is 19.2 Å². The summed E-state index contributed by atoms with van der Waals surface area (Å²) in [5.74, 6) is -1.99. The third kappa shape index (κ3) is 3.72. The zero-order valence-electron chi connectivity index (χ0n) is 15.0. The van der Waals surface area contributed by atoms with Gasteiger partial charge in [0.05, 0.1) is 17.7 Å². The van der Waals surface area contributed by atoms with Gasteiger partial charge >= 0.3 is 0 Å². The van der Waals surface area contributed by atoms with Gasteiger partial charge in [-0.3, -0.25) is 24.1 Å². The molecule has 0 saturated carbocycles. The molecule has 1 aliphatic rings. The van der Waals surface area contributed by atoms with E-state index in [2.05, 4.69) is 10.6 Å². The van der Waals surface area contributed by atoms with E-state index in [1.807, 2.05) is 26.0 Å². The summed E-state index contributed by atoms with van der Waals surface area (Å²) in [6, 6.07) is 12.0. The number of hydrogen-bond donors (Lipinski definition) is 2. The normalized spacial score (nSPS) is 12.7. The summed E-state index contributed by atoms with van der Waals surface area (Å²) in [6.45, 7) is 3.15. The van der Waals surface area contributed by atoms with Gasteiger partial charge in [0.25, 0.3) is 11.8 Å². The fourth-order valence-electron chi connectivity index (χ4n) is 2.84. The molecule has 0 bridgehead atoms. The van der Waals surface area contributed by atoms with Crippen molar-refractivity contribution in [2.45, 2.75) is 13.8 Å². The van der Waals surface area contributed by atoms with Crippen LogP contribution in [0.3, 0.4) is 0 Å². The van der Waals surface area contributed by atoms with Crippen LogP contribution in [-0.2, 0) is 9.59 Å². The molecular weight excluding hydrogens is 346 g/mol. The summed E-state index contributed by atoms with van der Waals surface area (Å²) in [5.41, 5.74) is 3.23. The van der Waals surface area contributed by atoms with Crippen molar-refractivity contribution in [2.75, 3.05) is 18.4 Å². The Morgan fingerprint density at radius 2 is 1.52 bits per heavy atom. The van der Waals surface area contributed by atoms with Gasteiger partial charge in [-0.1, -0.05) is 24.3 Å². The fraction of sp³-hybridized carbons (Fsp3) is 0.200. The maximum atomic E-state index is 12.2. The van der Waals surface area contributed by atoms with Gasteiger partial charge < -0.3 is 10.6 Å². The monoisotopic (exact) mass is 365 g/mol. The first-order valence-corrected chi connectivity index (χ1v) is 8.46. The molecule has 7 heteroatoms. The Balaban J connectivity index is 1.55. The van der Waals surface area contributed by atoms with Gasteiger partial charge in [0, 0.05) is 5.69 Å². The average molecular weight is 365 g/mol. The van der Waals surface area contributed by atoms with Gasteiger partial charge in [-0.15, -0.1) is 0 Å². The Labute approximate surface area is 156 Å². The van der Waals surface area contributed by atoms with Crippen LogP contribution in [0.4, 0.5) is 5.69 Å². The highest BCUT2D eigenvalue weighted by atomic mass is 16.2. The number of anilines is 1. The number of nitrogens with one attached hydrogen (secondary N) is 2. The number of amides is 4. The van der Waals surface area contributed by atoms with Crippen LogP contribution in [0.5, 0.6) is 0 Å². The Hall–Kier alpha value is -3.48. The smallest absolute Gasteiger partial charge is 0.262 e. The fourth-order valence-corrected chi connectivity index (χ4v) is 2.84. The molecule has 0 radical (unpaired) electrons. The Kier molecular flexibility index (Phi) is 5.03. The number of nitrogens with zero attached hydrogens (tertiary/aromatic N) is 1. The van der Waals surface area contributed by atoms with Crippen molar-refractivity contribution in [3.63, 3.8) is 0 Å². The predicted octanol–water partition coefficient (Wildman–Crippen LogP) is 1.65. The lowest BCUT2D eigenvalue weighted by Gasteiger charge is -2.14. The highest BCUT2D eigenvalue weighted by Gasteiger charge is 2.36. The van der Waals surface area contributed by atoms with E-state index in [0.717, 1.165) is 16.0 Å². The van der Waals surface area contributed by atoms with Crippen molar-refractivity contribution in [3.05, 3.63) is 64.7 Å². The number of benzene rings is 2. The lowest BCUT2D eigenvalue weighted by molar-refractivity contribution is -0.124. The van der Waals surface area contributed by atoms with E-state index >= 15 is 0 Å². The van der Waals surface area contributed by atoms with Crippen LogP contribution in [0.2, 0.25) is 0 Å². The molecule has 0 atom stereocenters. The number of hydrogen-bond acceptors (Lipinski definition) is 4. The number of imide groups is 1. The summed E-state index contributed by atoms with van der Waals surface area (Å²) >= 11 is 0. The van der Waals surface area contributed by atoms with Crippen molar-refractivity contribution in [1.82, 2.24) is 10.2 Å². The van der Waals surface area contributed by atoms with Gasteiger partial charge in [0.2, 0.25) is 11.8 Å². The molecule has 7 nitrogen and oxygen atoms in total. The minimum absolute atomic E-state index is 0.255. The van der Waals surface area contributed by atoms with E-state index < -0.39 is 24.3 Å². The van der Waals surface area contributed by atoms with E-state index in [1.54, 1.807) is 30.3 Å². The van der Waals surface area contributed by atoms with Crippen molar-refractivity contribution in [2.24, 2.45) is 0 Å². The number of carbonyl (C=O) groups excluding carboxylic acids is 4. The standard InChI is InChI=1S/C20H19N3O4/c1-12-6-5-9-16(13(12)2)22-17(24)10-21-18(25)11-23-19(26)14-7-3-4-8-15(14)20(23)27/h3-9H,10-11H2,1-2H3,(H,21,25)(H,22,24). The lowest BCUT2D eigenvalue weighted by Crippen LogP contribution is -2.42. The second-order valence-electron chi connectivity index (χ2n) is 6.31. The zero-order chi connectivity index (χ0) is 19.6. The minimum atomic E-state index is -0.583. The molecular formula is C20H19N3O4. The van der Waals surface area contributed by atoms with E-state index in [1.165, 1.54) is 0 Å². The van der Waals surface area contributed by atoms with Crippen molar-refractivity contribution in [1.29, 1.82) is 0 Å². The molecule has 138 valence electrons. The minimum Gasteiger partial charge on any atom is -0.345 e. The Morgan fingerprint density at radius 3 is 2.15 bits per heavy atom. The molecule has 27 heavy (non-hydrogen) atoms. The van der Waals surface area contributed by atoms with Crippen LogP contribution in [0.15, 0.2) is 42.5 Å². The Bertz CT molecular complexity index is 917. The quantitative estimate of drug-likeness (QED) is 0.788. The molecule has 2 aromatic rings. The second kappa shape index (κ2) is 7.41. The Morgan fingerprint density at radius 1 is 0.889 bits per heavy atom. The summed E-state index contributed by atoms with van der Waals surface area (Å²) in [6.07, 6.45) is 0. The molecule has 4 amide bonds. The molecule has 3 rings (SSSR count). The molecule has 0 fully saturated rings. The molecule has 0 unspecified atom stereocenters. The first kappa shape index (κ1) is 18.3. The van der Waals surface area contributed by atoms with Gasteiger partial charge in [-0.05, 0) is 43.2 Å². The molecule has 0 spiro atoms. The van der Waals surface area contributed by atoms with Crippen molar-refractivity contribution in [3.8, 4) is 0 Å². The van der Waals surface area contributed by atoms with E-state index in [4.69, 9.17) is 0 Å². The number of fused-ring (bicyclic) bond motifs is 1. The molecule has 0 aliphatic carbocycles.